The van der Waals surface area contributed by atoms with E-state index in [0.29, 0.717) is 6.61 Å². The minimum Gasteiger partial charge on any atom is -0.494 e. The second-order valence-electron chi connectivity index (χ2n) is 5.02. The minimum atomic E-state index is 0.148. The quantitative estimate of drug-likeness (QED) is 0.511. The second-order valence-corrected chi connectivity index (χ2v) is 6.85. The van der Waals surface area contributed by atoms with Crippen molar-refractivity contribution < 1.29 is 4.74 Å². The van der Waals surface area contributed by atoms with Gasteiger partial charge in [-0.25, -0.2) is 0 Å². The summed E-state index contributed by atoms with van der Waals surface area (Å²) in [5.41, 5.74) is 3.75. The van der Waals surface area contributed by atoms with Crippen molar-refractivity contribution >= 4 is 37.4 Å². The summed E-state index contributed by atoms with van der Waals surface area (Å²) in [7, 11) is 0. The fourth-order valence-corrected chi connectivity index (χ4v) is 4.41. The number of benzene rings is 2. The Morgan fingerprint density at radius 3 is 2.76 bits per heavy atom. The molecule has 1 atom stereocenters. The summed E-state index contributed by atoms with van der Waals surface area (Å²) in [6.07, 6.45) is 0. The van der Waals surface area contributed by atoms with Crippen molar-refractivity contribution in [3.63, 3.8) is 0 Å². The van der Waals surface area contributed by atoms with Crippen LogP contribution >= 0.6 is 27.3 Å². The highest BCUT2D eigenvalue weighted by molar-refractivity contribution is 9.09. The van der Waals surface area contributed by atoms with Crippen LogP contribution in [0.2, 0.25) is 0 Å². The molecule has 0 radical (unpaired) electrons. The molecule has 0 fully saturated rings. The molecule has 2 aromatic carbocycles. The Bertz CT molecular complexity index is 763. The number of hydrogen-bond donors (Lipinski definition) is 0. The lowest BCUT2D eigenvalue weighted by Crippen LogP contribution is -2.00. The van der Waals surface area contributed by atoms with Crippen LogP contribution in [-0.4, -0.2) is 6.61 Å². The Labute approximate surface area is 137 Å². The Morgan fingerprint density at radius 1 is 1.14 bits per heavy atom. The summed E-state index contributed by atoms with van der Waals surface area (Å²) < 4.78 is 7.12. The maximum atomic E-state index is 5.80. The van der Waals surface area contributed by atoms with Crippen LogP contribution < -0.4 is 4.74 Å². The van der Waals surface area contributed by atoms with Gasteiger partial charge in [0.15, 0.2) is 0 Å². The standard InChI is InChI=1S/C18H17BrOS/c1-3-20-16-9-8-12(2)10-14(16)18(19)15-11-21-17-7-5-4-6-13(15)17/h4-11,18H,3H2,1-2H3. The van der Waals surface area contributed by atoms with Gasteiger partial charge in [0.2, 0.25) is 0 Å². The van der Waals surface area contributed by atoms with E-state index in [2.05, 4.69) is 70.7 Å². The summed E-state index contributed by atoms with van der Waals surface area (Å²) in [4.78, 5) is 0.148. The molecule has 0 aliphatic heterocycles. The number of thiophene rings is 1. The number of alkyl halides is 1. The lowest BCUT2D eigenvalue weighted by Gasteiger charge is -2.16. The number of hydrogen-bond acceptors (Lipinski definition) is 2. The van der Waals surface area contributed by atoms with Crippen molar-refractivity contribution in [1.29, 1.82) is 0 Å². The predicted molar refractivity (Wildman–Crippen MR) is 94.9 cm³/mol. The number of aryl methyl sites for hydroxylation is 1. The average Bonchev–Trinajstić information content (AvgIpc) is 2.92. The zero-order chi connectivity index (χ0) is 14.8. The second kappa shape index (κ2) is 6.20. The van der Waals surface area contributed by atoms with Crippen molar-refractivity contribution in [2.45, 2.75) is 18.7 Å². The topological polar surface area (TPSA) is 9.23 Å². The fraction of sp³-hybridized carbons (Fsp3) is 0.222. The Hall–Kier alpha value is -1.32. The summed E-state index contributed by atoms with van der Waals surface area (Å²) >= 11 is 5.67. The zero-order valence-corrected chi connectivity index (χ0v) is 14.5. The summed E-state index contributed by atoms with van der Waals surface area (Å²) in [6, 6.07) is 14.9. The van der Waals surface area contributed by atoms with Gasteiger partial charge in [-0.15, -0.1) is 11.3 Å². The molecule has 0 N–H and O–H groups in total. The molecular weight excluding hydrogens is 344 g/mol. The van der Waals surface area contributed by atoms with Gasteiger partial charge in [-0.05, 0) is 42.3 Å². The molecule has 1 unspecified atom stereocenters. The van der Waals surface area contributed by atoms with Gasteiger partial charge in [0.25, 0.3) is 0 Å². The number of fused-ring (bicyclic) bond motifs is 1. The Kier molecular flexibility index (Phi) is 4.32. The molecule has 0 amide bonds. The molecule has 0 saturated heterocycles. The molecule has 1 heterocycles. The molecule has 0 bridgehead atoms. The van der Waals surface area contributed by atoms with Crippen LogP contribution in [0, 0.1) is 6.92 Å². The highest BCUT2D eigenvalue weighted by atomic mass is 79.9. The first kappa shape index (κ1) is 14.6. The third kappa shape index (κ3) is 2.85. The first-order valence-electron chi connectivity index (χ1n) is 7.04. The molecule has 3 heteroatoms. The van der Waals surface area contributed by atoms with E-state index in [1.165, 1.54) is 26.8 Å². The van der Waals surface area contributed by atoms with Crippen LogP contribution in [0.1, 0.15) is 28.4 Å². The van der Waals surface area contributed by atoms with Crippen LogP contribution in [0.4, 0.5) is 0 Å². The van der Waals surface area contributed by atoms with Crippen molar-refractivity contribution in [3.8, 4) is 5.75 Å². The molecule has 3 aromatic rings. The van der Waals surface area contributed by atoms with E-state index < -0.39 is 0 Å². The highest BCUT2D eigenvalue weighted by Crippen LogP contribution is 2.42. The highest BCUT2D eigenvalue weighted by Gasteiger charge is 2.19. The molecule has 108 valence electrons. The van der Waals surface area contributed by atoms with Gasteiger partial charge in [-0.2, -0.15) is 0 Å². The molecular formula is C18H17BrOS. The molecule has 3 rings (SSSR count). The minimum absolute atomic E-state index is 0.148. The molecule has 1 nitrogen and oxygen atoms in total. The zero-order valence-electron chi connectivity index (χ0n) is 12.1. The SMILES string of the molecule is CCOc1ccc(C)cc1C(Br)c1csc2ccccc12. The van der Waals surface area contributed by atoms with Gasteiger partial charge in [-0.3, -0.25) is 0 Å². The van der Waals surface area contributed by atoms with Gasteiger partial charge >= 0.3 is 0 Å². The molecule has 0 spiro atoms. The van der Waals surface area contributed by atoms with Crippen LogP contribution in [0.5, 0.6) is 5.75 Å². The van der Waals surface area contributed by atoms with Crippen LogP contribution in [0.25, 0.3) is 10.1 Å². The molecule has 0 aliphatic rings. The normalized spacial score (nSPS) is 12.5. The molecule has 0 aliphatic carbocycles. The third-order valence-corrected chi connectivity index (χ3v) is 5.49. The largest absolute Gasteiger partial charge is 0.494 e. The maximum Gasteiger partial charge on any atom is 0.123 e. The first-order valence-corrected chi connectivity index (χ1v) is 8.83. The van der Waals surface area contributed by atoms with Gasteiger partial charge in [0, 0.05) is 10.3 Å². The van der Waals surface area contributed by atoms with Crippen molar-refractivity contribution in [2.75, 3.05) is 6.61 Å². The van der Waals surface area contributed by atoms with E-state index in [1.54, 1.807) is 11.3 Å². The molecule has 1 aromatic heterocycles. The number of rotatable bonds is 4. The molecule has 0 saturated carbocycles. The number of ether oxygens (including phenoxy) is 1. The van der Waals surface area contributed by atoms with E-state index >= 15 is 0 Å². The van der Waals surface area contributed by atoms with Crippen LogP contribution in [0.3, 0.4) is 0 Å². The monoisotopic (exact) mass is 360 g/mol. The first-order chi connectivity index (χ1) is 10.2. The number of halogens is 1. The van der Waals surface area contributed by atoms with E-state index in [4.69, 9.17) is 4.74 Å². The van der Waals surface area contributed by atoms with E-state index in [9.17, 15) is 0 Å². The predicted octanol–water partition coefficient (Wildman–Crippen LogP) is 6.09. The fourth-order valence-electron chi connectivity index (χ4n) is 2.52. The van der Waals surface area contributed by atoms with E-state index in [-0.39, 0.29) is 4.83 Å². The van der Waals surface area contributed by atoms with E-state index in [0.717, 1.165) is 5.75 Å². The van der Waals surface area contributed by atoms with Gasteiger partial charge in [0.1, 0.15) is 5.75 Å². The summed E-state index contributed by atoms with van der Waals surface area (Å²) in [5, 5.41) is 3.55. The lowest BCUT2D eigenvalue weighted by molar-refractivity contribution is 0.337. The summed E-state index contributed by atoms with van der Waals surface area (Å²) in [5.74, 6) is 0.959. The van der Waals surface area contributed by atoms with Crippen LogP contribution in [-0.2, 0) is 0 Å². The van der Waals surface area contributed by atoms with Crippen molar-refractivity contribution in [1.82, 2.24) is 0 Å². The van der Waals surface area contributed by atoms with Gasteiger partial charge < -0.3 is 4.74 Å². The van der Waals surface area contributed by atoms with Crippen LogP contribution in [0.15, 0.2) is 47.8 Å². The summed E-state index contributed by atoms with van der Waals surface area (Å²) in [6.45, 7) is 4.82. The Balaban J connectivity index is 2.09. The Morgan fingerprint density at radius 2 is 1.95 bits per heavy atom. The lowest BCUT2D eigenvalue weighted by atomic mass is 10.0. The third-order valence-electron chi connectivity index (χ3n) is 3.52. The van der Waals surface area contributed by atoms with Gasteiger partial charge in [0.05, 0.1) is 11.4 Å². The van der Waals surface area contributed by atoms with Crippen molar-refractivity contribution in [2.24, 2.45) is 0 Å². The average molecular weight is 361 g/mol. The van der Waals surface area contributed by atoms with E-state index in [1.807, 2.05) is 6.92 Å². The molecule has 21 heavy (non-hydrogen) atoms. The van der Waals surface area contributed by atoms with Crippen molar-refractivity contribution in [3.05, 3.63) is 64.5 Å². The maximum absolute atomic E-state index is 5.80. The van der Waals surface area contributed by atoms with Gasteiger partial charge in [-0.1, -0.05) is 51.8 Å². The smallest absolute Gasteiger partial charge is 0.123 e.